The highest BCUT2D eigenvalue weighted by molar-refractivity contribution is 5.96. The van der Waals surface area contributed by atoms with Crippen LogP contribution in [-0.2, 0) is 25.6 Å². The largest absolute Gasteiger partial charge is 0.489 e. The molecule has 2 aromatic rings. The number of methoxy groups -OCH3 is 1. The van der Waals surface area contributed by atoms with Crippen molar-refractivity contribution in [2.75, 3.05) is 33.4 Å². The van der Waals surface area contributed by atoms with Crippen LogP contribution in [-0.4, -0.2) is 67.2 Å². The van der Waals surface area contributed by atoms with E-state index in [-0.39, 0.29) is 30.1 Å². The highest BCUT2D eigenvalue weighted by atomic mass is 16.5. The van der Waals surface area contributed by atoms with E-state index < -0.39 is 5.97 Å². The molecule has 1 atom stereocenters. The molecule has 2 amide bonds. The van der Waals surface area contributed by atoms with Gasteiger partial charge in [-0.15, -0.1) is 0 Å². The molecule has 3 rings (SSSR count). The Kier molecular flexibility index (Phi) is 8.33. The van der Waals surface area contributed by atoms with Gasteiger partial charge in [-0.1, -0.05) is 30.3 Å². The molecule has 1 aromatic carbocycles. The maximum Gasteiger partial charge on any atom is 0.339 e. The van der Waals surface area contributed by atoms with Gasteiger partial charge in [0.2, 0.25) is 11.8 Å². The molecule has 0 radical (unpaired) electrons. The van der Waals surface area contributed by atoms with Crippen LogP contribution in [0.25, 0.3) is 0 Å². The third kappa shape index (κ3) is 6.92. The van der Waals surface area contributed by atoms with Gasteiger partial charge >= 0.3 is 5.97 Å². The predicted octanol–water partition coefficient (Wildman–Crippen LogP) is 1.35. The summed E-state index contributed by atoms with van der Waals surface area (Å²) in [6, 6.07) is 11.0. The molecule has 1 unspecified atom stereocenters. The van der Waals surface area contributed by atoms with Gasteiger partial charge in [-0.05, 0) is 11.6 Å². The number of pyridine rings is 1. The Bertz CT molecular complexity index is 963. The fraction of sp³-hybridized carbons (Fsp3) is 0.304. The fourth-order valence-electron chi connectivity index (χ4n) is 3.03. The van der Waals surface area contributed by atoms with Crippen LogP contribution in [0, 0.1) is 0 Å². The summed E-state index contributed by atoms with van der Waals surface area (Å²) >= 11 is 0. The SMILES string of the molecule is COC(=O)c1cncc(OCC2CN(C(=O)C=CC(=O)NCc3ccccc3)CCO2)c1. The van der Waals surface area contributed by atoms with Gasteiger partial charge < -0.3 is 24.4 Å². The van der Waals surface area contributed by atoms with Crippen molar-refractivity contribution in [3.8, 4) is 5.75 Å². The smallest absolute Gasteiger partial charge is 0.339 e. The number of hydrogen-bond donors (Lipinski definition) is 1. The molecular weight excluding hydrogens is 414 g/mol. The molecule has 1 fully saturated rings. The highest BCUT2D eigenvalue weighted by Crippen LogP contribution is 2.14. The van der Waals surface area contributed by atoms with Crippen LogP contribution in [0.4, 0.5) is 0 Å². The first-order valence-corrected chi connectivity index (χ1v) is 10.1. The lowest BCUT2D eigenvalue weighted by atomic mass is 10.2. The Morgan fingerprint density at radius 1 is 1.22 bits per heavy atom. The van der Waals surface area contributed by atoms with Crippen molar-refractivity contribution in [3.63, 3.8) is 0 Å². The average molecular weight is 439 g/mol. The maximum atomic E-state index is 12.5. The van der Waals surface area contributed by atoms with E-state index in [9.17, 15) is 14.4 Å². The van der Waals surface area contributed by atoms with E-state index in [4.69, 9.17) is 9.47 Å². The normalized spacial score (nSPS) is 15.9. The van der Waals surface area contributed by atoms with Crippen molar-refractivity contribution in [1.82, 2.24) is 15.2 Å². The summed E-state index contributed by atoms with van der Waals surface area (Å²) in [5.41, 5.74) is 1.26. The van der Waals surface area contributed by atoms with Gasteiger partial charge in [0.1, 0.15) is 18.5 Å². The van der Waals surface area contributed by atoms with Crippen molar-refractivity contribution in [2.24, 2.45) is 0 Å². The highest BCUT2D eigenvalue weighted by Gasteiger charge is 2.24. The zero-order valence-electron chi connectivity index (χ0n) is 17.7. The van der Waals surface area contributed by atoms with Crippen molar-refractivity contribution < 1.29 is 28.6 Å². The van der Waals surface area contributed by atoms with E-state index in [0.29, 0.717) is 32.0 Å². The number of aromatic nitrogens is 1. The van der Waals surface area contributed by atoms with Crippen LogP contribution in [0.3, 0.4) is 0 Å². The van der Waals surface area contributed by atoms with Crippen molar-refractivity contribution in [2.45, 2.75) is 12.6 Å². The summed E-state index contributed by atoms with van der Waals surface area (Å²) in [5, 5.41) is 2.74. The monoisotopic (exact) mass is 439 g/mol. The molecule has 1 aromatic heterocycles. The maximum absolute atomic E-state index is 12.5. The summed E-state index contributed by atoms with van der Waals surface area (Å²) in [5.74, 6) is -0.723. The van der Waals surface area contributed by atoms with Crippen LogP contribution in [0.1, 0.15) is 15.9 Å². The van der Waals surface area contributed by atoms with Crippen LogP contribution in [0.5, 0.6) is 5.75 Å². The summed E-state index contributed by atoms with van der Waals surface area (Å²) in [7, 11) is 1.29. The summed E-state index contributed by atoms with van der Waals surface area (Å²) in [6.07, 6.45) is 5.01. The molecule has 2 heterocycles. The van der Waals surface area contributed by atoms with Crippen LogP contribution in [0.2, 0.25) is 0 Å². The first-order valence-electron chi connectivity index (χ1n) is 10.1. The Morgan fingerprint density at radius 2 is 2.03 bits per heavy atom. The number of amides is 2. The average Bonchev–Trinajstić information content (AvgIpc) is 2.85. The van der Waals surface area contributed by atoms with Gasteiger partial charge in [-0.2, -0.15) is 0 Å². The first-order chi connectivity index (χ1) is 15.5. The number of benzene rings is 1. The van der Waals surface area contributed by atoms with Crippen LogP contribution in [0.15, 0.2) is 60.9 Å². The van der Waals surface area contributed by atoms with Gasteiger partial charge in [0.15, 0.2) is 0 Å². The van der Waals surface area contributed by atoms with E-state index in [0.717, 1.165) is 5.56 Å². The number of hydrogen-bond acceptors (Lipinski definition) is 7. The zero-order chi connectivity index (χ0) is 22.8. The van der Waals surface area contributed by atoms with Gasteiger partial charge in [-0.25, -0.2) is 4.79 Å². The summed E-state index contributed by atoms with van der Waals surface area (Å²) in [4.78, 5) is 41.6. The van der Waals surface area contributed by atoms with Gasteiger partial charge in [0.05, 0.1) is 32.0 Å². The summed E-state index contributed by atoms with van der Waals surface area (Å²) < 4.78 is 16.0. The minimum atomic E-state index is -0.506. The minimum Gasteiger partial charge on any atom is -0.489 e. The number of carbonyl (C=O) groups is 3. The Balaban J connectivity index is 1.45. The van der Waals surface area contributed by atoms with E-state index in [2.05, 4.69) is 15.0 Å². The molecule has 9 nitrogen and oxygen atoms in total. The Labute approximate surface area is 186 Å². The molecule has 32 heavy (non-hydrogen) atoms. The van der Waals surface area contributed by atoms with Crippen molar-refractivity contribution >= 4 is 17.8 Å². The van der Waals surface area contributed by atoms with Crippen LogP contribution < -0.4 is 10.1 Å². The molecule has 0 bridgehead atoms. The molecule has 9 heteroatoms. The number of esters is 1. The van der Waals surface area contributed by atoms with Gasteiger partial charge in [0.25, 0.3) is 0 Å². The van der Waals surface area contributed by atoms with Crippen molar-refractivity contribution in [3.05, 3.63) is 72.1 Å². The van der Waals surface area contributed by atoms with Gasteiger partial charge in [-0.3, -0.25) is 14.6 Å². The molecule has 1 aliphatic rings. The number of morpholine rings is 1. The second kappa shape index (κ2) is 11.6. The molecule has 0 saturated carbocycles. The molecule has 0 spiro atoms. The Morgan fingerprint density at radius 3 is 2.81 bits per heavy atom. The molecule has 1 aliphatic heterocycles. The second-order valence-electron chi connectivity index (χ2n) is 7.03. The molecule has 1 saturated heterocycles. The molecule has 0 aliphatic carbocycles. The Hall–Kier alpha value is -3.72. The summed E-state index contributed by atoms with van der Waals surface area (Å²) in [6.45, 7) is 1.66. The predicted molar refractivity (Wildman–Crippen MR) is 115 cm³/mol. The number of nitrogens with zero attached hydrogens (tertiary/aromatic N) is 2. The van der Waals surface area contributed by atoms with E-state index >= 15 is 0 Å². The molecule has 1 N–H and O–H groups in total. The zero-order valence-corrected chi connectivity index (χ0v) is 17.7. The lowest BCUT2D eigenvalue weighted by molar-refractivity contribution is -0.134. The standard InChI is InChI=1S/C23H25N3O6/c1-30-23(29)18-11-19(14-24-13-18)32-16-20-15-26(9-10-31-20)22(28)8-7-21(27)25-12-17-5-3-2-4-6-17/h2-8,11,13-14,20H,9-10,12,15-16H2,1H3,(H,25,27). The van der Waals surface area contributed by atoms with E-state index in [1.807, 2.05) is 30.3 Å². The van der Waals surface area contributed by atoms with Crippen molar-refractivity contribution in [1.29, 1.82) is 0 Å². The topological polar surface area (TPSA) is 107 Å². The third-order valence-corrected chi connectivity index (χ3v) is 4.71. The fourth-order valence-corrected chi connectivity index (χ4v) is 3.03. The van der Waals surface area contributed by atoms with Crippen LogP contribution >= 0.6 is 0 Å². The molecular formula is C23H25N3O6. The second-order valence-corrected chi connectivity index (χ2v) is 7.03. The molecule has 168 valence electrons. The lowest BCUT2D eigenvalue weighted by Gasteiger charge is -2.32. The first kappa shape index (κ1) is 23.0. The van der Waals surface area contributed by atoms with E-state index in [1.165, 1.54) is 37.7 Å². The minimum absolute atomic E-state index is 0.178. The lowest BCUT2D eigenvalue weighted by Crippen LogP contribution is -2.47. The number of nitrogens with one attached hydrogen (secondary N) is 1. The van der Waals surface area contributed by atoms with Gasteiger partial charge in [0, 0.05) is 31.4 Å². The third-order valence-electron chi connectivity index (χ3n) is 4.71. The number of rotatable bonds is 8. The number of ether oxygens (including phenoxy) is 3. The van der Waals surface area contributed by atoms with E-state index in [1.54, 1.807) is 4.90 Å². The quantitative estimate of drug-likeness (QED) is 0.489. The number of carbonyl (C=O) groups excluding carboxylic acids is 3.